The maximum absolute atomic E-state index is 11.6. The first-order valence-electron chi connectivity index (χ1n) is 12.8. The van der Waals surface area contributed by atoms with E-state index in [-0.39, 0.29) is 23.9 Å². The Morgan fingerprint density at radius 1 is 1.19 bits per heavy atom. The topological polar surface area (TPSA) is 133 Å². The van der Waals surface area contributed by atoms with Crippen LogP contribution < -0.4 is 21.3 Å². The SMILES string of the molecule is CCC(C)Nc1c(C=N)nc(N2CCC(C(N)=O)CC2)nc1N[C@H](CC)c1cnc2ccccc2c1. The highest BCUT2D eigenvalue weighted by molar-refractivity contribution is 5.89. The Kier molecular flexibility index (Phi) is 7.97. The van der Waals surface area contributed by atoms with Crippen molar-refractivity contribution < 1.29 is 4.79 Å². The number of anilines is 3. The van der Waals surface area contributed by atoms with Crippen molar-refractivity contribution in [3.05, 3.63) is 47.8 Å². The average molecular weight is 489 g/mol. The van der Waals surface area contributed by atoms with E-state index in [1.54, 1.807) is 0 Å². The summed E-state index contributed by atoms with van der Waals surface area (Å²) in [6.07, 6.45) is 6.29. The fourth-order valence-corrected chi connectivity index (χ4v) is 4.54. The molecule has 1 fully saturated rings. The molecule has 1 saturated heterocycles. The Balaban J connectivity index is 1.70. The molecule has 5 N–H and O–H groups in total. The summed E-state index contributed by atoms with van der Waals surface area (Å²) in [6, 6.07) is 10.4. The van der Waals surface area contributed by atoms with E-state index in [1.807, 2.05) is 24.4 Å². The lowest BCUT2D eigenvalue weighted by molar-refractivity contribution is -0.122. The third kappa shape index (κ3) is 5.56. The number of pyridine rings is 1. The van der Waals surface area contributed by atoms with Gasteiger partial charge in [0.1, 0.15) is 11.4 Å². The van der Waals surface area contributed by atoms with Gasteiger partial charge in [-0.15, -0.1) is 0 Å². The largest absolute Gasteiger partial charge is 0.378 e. The molecule has 1 aliphatic heterocycles. The Morgan fingerprint density at radius 2 is 1.94 bits per heavy atom. The lowest BCUT2D eigenvalue weighted by Crippen LogP contribution is -2.39. The van der Waals surface area contributed by atoms with Crippen molar-refractivity contribution in [2.75, 3.05) is 28.6 Å². The van der Waals surface area contributed by atoms with Crippen LogP contribution in [-0.4, -0.2) is 46.2 Å². The number of para-hydroxylation sites is 1. The molecule has 1 unspecified atom stereocenters. The number of benzene rings is 1. The lowest BCUT2D eigenvalue weighted by Gasteiger charge is -2.32. The molecule has 3 aromatic rings. The van der Waals surface area contributed by atoms with Gasteiger partial charge in [-0.2, -0.15) is 4.98 Å². The molecule has 36 heavy (non-hydrogen) atoms. The van der Waals surface area contributed by atoms with Gasteiger partial charge in [-0.25, -0.2) is 4.98 Å². The van der Waals surface area contributed by atoms with Crippen LogP contribution in [0.1, 0.15) is 63.8 Å². The summed E-state index contributed by atoms with van der Waals surface area (Å²) >= 11 is 0. The molecular formula is C27H36N8O. The predicted molar refractivity (Wildman–Crippen MR) is 146 cm³/mol. The van der Waals surface area contributed by atoms with Gasteiger partial charge in [-0.05, 0) is 50.3 Å². The van der Waals surface area contributed by atoms with Crippen molar-refractivity contribution in [1.82, 2.24) is 15.0 Å². The molecule has 0 spiro atoms. The molecule has 9 heteroatoms. The maximum Gasteiger partial charge on any atom is 0.228 e. The predicted octanol–water partition coefficient (Wildman–Crippen LogP) is 4.50. The molecule has 1 amide bonds. The number of hydrogen-bond donors (Lipinski definition) is 4. The van der Waals surface area contributed by atoms with E-state index in [1.165, 1.54) is 6.21 Å². The highest BCUT2D eigenvalue weighted by Crippen LogP contribution is 2.32. The van der Waals surface area contributed by atoms with Gasteiger partial charge in [0.05, 0.1) is 11.6 Å². The summed E-state index contributed by atoms with van der Waals surface area (Å²) in [6.45, 7) is 7.64. The van der Waals surface area contributed by atoms with Gasteiger partial charge in [0.2, 0.25) is 11.9 Å². The smallest absolute Gasteiger partial charge is 0.228 e. The van der Waals surface area contributed by atoms with Crippen LogP contribution in [0.3, 0.4) is 0 Å². The number of fused-ring (bicyclic) bond motifs is 1. The number of nitrogens with zero attached hydrogens (tertiary/aromatic N) is 4. The minimum atomic E-state index is -0.249. The second-order valence-corrected chi connectivity index (χ2v) is 9.46. The van der Waals surface area contributed by atoms with Crippen molar-refractivity contribution >= 4 is 40.5 Å². The normalized spacial score (nSPS) is 15.9. The number of hydrogen-bond acceptors (Lipinski definition) is 8. The van der Waals surface area contributed by atoms with Gasteiger partial charge in [0, 0.05) is 42.8 Å². The lowest BCUT2D eigenvalue weighted by atomic mass is 9.96. The molecule has 9 nitrogen and oxygen atoms in total. The van der Waals surface area contributed by atoms with Crippen molar-refractivity contribution in [3.8, 4) is 0 Å². The average Bonchev–Trinajstić information content (AvgIpc) is 2.91. The van der Waals surface area contributed by atoms with Gasteiger partial charge in [-0.3, -0.25) is 9.78 Å². The van der Waals surface area contributed by atoms with E-state index in [9.17, 15) is 4.79 Å². The Bertz CT molecular complexity index is 1220. The number of amides is 1. The summed E-state index contributed by atoms with van der Waals surface area (Å²) < 4.78 is 0. The van der Waals surface area contributed by atoms with Crippen molar-refractivity contribution in [3.63, 3.8) is 0 Å². The third-order valence-corrected chi connectivity index (χ3v) is 6.98. The van der Waals surface area contributed by atoms with Crippen molar-refractivity contribution in [2.45, 2.75) is 58.5 Å². The Labute approximate surface area is 212 Å². The summed E-state index contributed by atoms with van der Waals surface area (Å²) in [5.74, 6) is 0.856. The van der Waals surface area contributed by atoms with E-state index in [0.717, 1.165) is 35.0 Å². The first-order chi connectivity index (χ1) is 17.4. The van der Waals surface area contributed by atoms with E-state index < -0.39 is 0 Å². The van der Waals surface area contributed by atoms with Crippen LogP contribution in [0.5, 0.6) is 0 Å². The standard InChI is InChI=1S/C27H36N8O/c1-4-17(3)31-24-23(15-28)33-27(35-12-10-18(11-13-35)25(29)36)34-26(24)32-21(5-2)20-14-19-8-6-7-9-22(19)30-16-20/h6-9,14-18,21,28,31H,4-5,10-13H2,1-3H3,(H2,29,36)(H,32,33,34)/t17?,21-/m1/s1. The van der Waals surface area contributed by atoms with Gasteiger partial charge < -0.3 is 26.7 Å². The van der Waals surface area contributed by atoms with E-state index in [4.69, 9.17) is 21.1 Å². The Morgan fingerprint density at radius 3 is 2.61 bits per heavy atom. The first kappa shape index (κ1) is 25.3. The molecule has 0 bridgehead atoms. The first-order valence-corrected chi connectivity index (χ1v) is 12.8. The summed E-state index contributed by atoms with van der Waals surface area (Å²) in [5.41, 5.74) is 8.81. The van der Waals surface area contributed by atoms with Gasteiger partial charge in [0.15, 0.2) is 5.82 Å². The molecular weight excluding hydrogens is 452 g/mol. The van der Waals surface area contributed by atoms with Crippen LogP contribution in [0.4, 0.5) is 17.5 Å². The quantitative estimate of drug-likeness (QED) is 0.309. The number of piperidine rings is 1. The highest BCUT2D eigenvalue weighted by Gasteiger charge is 2.26. The second kappa shape index (κ2) is 11.3. The molecule has 1 aromatic carbocycles. The molecule has 2 atom stereocenters. The number of carbonyl (C=O) groups is 1. The van der Waals surface area contributed by atoms with Crippen molar-refractivity contribution in [1.29, 1.82) is 5.41 Å². The van der Waals surface area contributed by atoms with Crippen LogP contribution >= 0.6 is 0 Å². The minimum Gasteiger partial charge on any atom is -0.378 e. The number of nitrogens with two attached hydrogens (primary N) is 1. The number of aromatic nitrogens is 3. The van der Waals surface area contributed by atoms with Crippen LogP contribution in [0, 0.1) is 11.3 Å². The molecule has 190 valence electrons. The van der Waals surface area contributed by atoms with E-state index in [0.29, 0.717) is 43.4 Å². The zero-order valence-electron chi connectivity index (χ0n) is 21.3. The minimum absolute atomic E-state index is 0.0264. The summed E-state index contributed by atoms with van der Waals surface area (Å²) in [7, 11) is 0. The second-order valence-electron chi connectivity index (χ2n) is 9.46. The molecule has 1 aliphatic rings. The molecule has 2 aromatic heterocycles. The number of carbonyl (C=O) groups excluding carboxylic acids is 1. The third-order valence-electron chi connectivity index (χ3n) is 6.98. The monoisotopic (exact) mass is 488 g/mol. The number of primary amides is 1. The molecule has 0 saturated carbocycles. The fourth-order valence-electron chi connectivity index (χ4n) is 4.54. The molecule has 0 aliphatic carbocycles. The number of rotatable bonds is 10. The van der Waals surface area contributed by atoms with Gasteiger partial charge in [-0.1, -0.05) is 32.0 Å². The zero-order valence-corrected chi connectivity index (χ0v) is 21.3. The van der Waals surface area contributed by atoms with Crippen LogP contribution in [0.15, 0.2) is 36.5 Å². The van der Waals surface area contributed by atoms with Gasteiger partial charge in [0.25, 0.3) is 0 Å². The molecule has 0 radical (unpaired) electrons. The fraction of sp³-hybridized carbons (Fsp3) is 0.444. The van der Waals surface area contributed by atoms with Crippen LogP contribution in [0.25, 0.3) is 10.9 Å². The molecule has 4 rings (SSSR count). The Hall–Kier alpha value is -3.75. The summed E-state index contributed by atoms with van der Waals surface area (Å²) in [5, 5.41) is 16.3. The van der Waals surface area contributed by atoms with Crippen molar-refractivity contribution in [2.24, 2.45) is 11.7 Å². The highest BCUT2D eigenvalue weighted by atomic mass is 16.1. The van der Waals surface area contributed by atoms with E-state index in [2.05, 4.69) is 53.4 Å². The van der Waals surface area contributed by atoms with Crippen LogP contribution in [-0.2, 0) is 4.79 Å². The maximum atomic E-state index is 11.6. The van der Waals surface area contributed by atoms with E-state index >= 15 is 0 Å². The summed E-state index contributed by atoms with van der Waals surface area (Å²) in [4.78, 5) is 28.0. The number of nitrogens with one attached hydrogen (secondary N) is 3. The van der Waals surface area contributed by atoms with Gasteiger partial charge >= 0.3 is 0 Å². The molecule has 3 heterocycles. The van der Waals surface area contributed by atoms with Crippen LogP contribution in [0.2, 0.25) is 0 Å². The zero-order chi connectivity index (χ0) is 25.7.